The molecule has 3 N–H and O–H groups in total. The number of hydrogen-bond donors (Lipinski definition) is 2. The molecule has 0 radical (unpaired) electrons. The Morgan fingerprint density at radius 3 is 3.00 bits per heavy atom. The average molecular weight is 192 g/mol. The van der Waals surface area contributed by atoms with Gasteiger partial charge in [0.15, 0.2) is 0 Å². The molecule has 0 saturated carbocycles. The predicted octanol–water partition coefficient (Wildman–Crippen LogP) is 2.86. The first-order valence-electron chi connectivity index (χ1n) is 4.31. The largest absolute Gasteiger partial charge is 0.398 e. The fourth-order valence-electron chi connectivity index (χ4n) is 1.42. The molecular weight excluding hydrogens is 180 g/mol. The fourth-order valence-corrected chi connectivity index (χ4v) is 2.26. The standard InChI is InChI=1S/C10H12N2S/c1-2-13-10-8(11)4-3-7-5-6-12-9(7)10/h3-6,12H,2,11H2,1H3. The van der Waals surface area contributed by atoms with Crippen molar-refractivity contribution in [1.29, 1.82) is 0 Å². The molecule has 68 valence electrons. The minimum Gasteiger partial charge on any atom is -0.398 e. The van der Waals surface area contributed by atoms with E-state index in [4.69, 9.17) is 5.73 Å². The molecule has 1 aromatic heterocycles. The van der Waals surface area contributed by atoms with Crippen molar-refractivity contribution in [2.45, 2.75) is 11.8 Å². The Morgan fingerprint density at radius 1 is 1.38 bits per heavy atom. The molecule has 0 spiro atoms. The molecule has 2 rings (SSSR count). The highest BCUT2D eigenvalue weighted by Crippen LogP contribution is 2.31. The maximum atomic E-state index is 5.89. The molecular formula is C10H12N2S. The highest BCUT2D eigenvalue weighted by atomic mass is 32.2. The first-order valence-corrected chi connectivity index (χ1v) is 5.30. The zero-order chi connectivity index (χ0) is 9.26. The fraction of sp³-hybridized carbons (Fsp3) is 0.200. The lowest BCUT2D eigenvalue weighted by Crippen LogP contribution is -1.89. The minimum atomic E-state index is 0.863. The van der Waals surface area contributed by atoms with Crippen LogP contribution in [0.5, 0.6) is 0 Å². The zero-order valence-corrected chi connectivity index (χ0v) is 8.32. The summed E-state index contributed by atoms with van der Waals surface area (Å²) in [7, 11) is 0. The number of hydrogen-bond acceptors (Lipinski definition) is 2. The summed E-state index contributed by atoms with van der Waals surface area (Å²) in [6.07, 6.45) is 1.95. The molecule has 0 aliphatic heterocycles. The molecule has 1 heterocycles. The molecule has 3 heteroatoms. The van der Waals surface area contributed by atoms with Crippen LogP contribution >= 0.6 is 11.8 Å². The Morgan fingerprint density at radius 2 is 2.23 bits per heavy atom. The van der Waals surface area contributed by atoms with Crippen LogP contribution in [0.4, 0.5) is 5.69 Å². The van der Waals surface area contributed by atoms with Crippen LogP contribution in [0.2, 0.25) is 0 Å². The van der Waals surface area contributed by atoms with Crippen molar-refractivity contribution in [3.05, 3.63) is 24.4 Å². The SMILES string of the molecule is CCSc1c(N)ccc2cc[nH]c12. The van der Waals surface area contributed by atoms with E-state index in [1.54, 1.807) is 11.8 Å². The molecule has 2 aromatic rings. The van der Waals surface area contributed by atoms with Gasteiger partial charge in [0.25, 0.3) is 0 Å². The lowest BCUT2D eigenvalue weighted by molar-refractivity contribution is 1.39. The molecule has 0 amide bonds. The summed E-state index contributed by atoms with van der Waals surface area (Å²) in [6, 6.07) is 6.07. The van der Waals surface area contributed by atoms with Gasteiger partial charge in [-0.15, -0.1) is 11.8 Å². The maximum Gasteiger partial charge on any atom is 0.0613 e. The van der Waals surface area contributed by atoms with E-state index in [-0.39, 0.29) is 0 Å². The van der Waals surface area contributed by atoms with E-state index in [0.29, 0.717) is 0 Å². The van der Waals surface area contributed by atoms with Crippen LogP contribution in [-0.4, -0.2) is 10.7 Å². The van der Waals surface area contributed by atoms with Gasteiger partial charge < -0.3 is 10.7 Å². The van der Waals surface area contributed by atoms with Crippen molar-refractivity contribution < 1.29 is 0 Å². The number of nitrogens with one attached hydrogen (secondary N) is 1. The topological polar surface area (TPSA) is 41.8 Å². The number of thioether (sulfide) groups is 1. The number of aromatic nitrogens is 1. The van der Waals surface area contributed by atoms with Gasteiger partial charge in [-0.05, 0) is 17.9 Å². The van der Waals surface area contributed by atoms with Crippen molar-refractivity contribution >= 4 is 28.4 Å². The Labute approximate surface area is 81.5 Å². The monoisotopic (exact) mass is 192 g/mol. The molecule has 0 fully saturated rings. The van der Waals surface area contributed by atoms with E-state index in [1.165, 1.54) is 10.3 Å². The molecule has 0 aliphatic carbocycles. The van der Waals surface area contributed by atoms with E-state index in [0.717, 1.165) is 17.0 Å². The van der Waals surface area contributed by atoms with Gasteiger partial charge in [0.1, 0.15) is 0 Å². The second kappa shape index (κ2) is 3.34. The Bertz CT molecular complexity index is 420. The van der Waals surface area contributed by atoms with Crippen molar-refractivity contribution in [3.63, 3.8) is 0 Å². The van der Waals surface area contributed by atoms with Gasteiger partial charge in [-0.3, -0.25) is 0 Å². The van der Waals surface area contributed by atoms with E-state index in [9.17, 15) is 0 Å². The lowest BCUT2D eigenvalue weighted by Gasteiger charge is -2.04. The Balaban J connectivity index is 2.66. The van der Waals surface area contributed by atoms with Gasteiger partial charge in [-0.25, -0.2) is 0 Å². The highest BCUT2D eigenvalue weighted by Gasteiger charge is 2.05. The molecule has 0 unspecified atom stereocenters. The highest BCUT2D eigenvalue weighted by molar-refractivity contribution is 7.99. The number of fused-ring (bicyclic) bond motifs is 1. The van der Waals surface area contributed by atoms with E-state index in [1.807, 2.05) is 18.3 Å². The maximum absolute atomic E-state index is 5.89. The molecule has 0 aliphatic rings. The summed E-state index contributed by atoms with van der Waals surface area (Å²) in [5.41, 5.74) is 7.91. The molecule has 0 atom stereocenters. The minimum absolute atomic E-state index is 0.863. The number of benzene rings is 1. The van der Waals surface area contributed by atoms with Crippen molar-refractivity contribution in [1.82, 2.24) is 4.98 Å². The number of aromatic amines is 1. The number of nitrogen functional groups attached to an aromatic ring is 1. The first-order chi connectivity index (χ1) is 6.33. The summed E-state index contributed by atoms with van der Waals surface area (Å²) in [4.78, 5) is 4.38. The van der Waals surface area contributed by atoms with Crippen LogP contribution in [0, 0.1) is 0 Å². The van der Waals surface area contributed by atoms with Crippen LogP contribution in [0.3, 0.4) is 0 Å². The van der Waals surface area contributed by atoms with Gasteiger partial charge in [-0.1, -0.05) is 13.0 Å². The number of nitrogens with two attached hydrogens (primary N) is 1. The third kappa shape index (κ3) is 1.40. The summed E-state index contributed by atoms with van der Waals surface area (Å²) in [5.74, 6) is 1.04. The van der Waals surface area contributed by atoms with Crippen LogP contribution in [0.25, 0.3) is 10.9 Å². The van der Waals surface area contributed by atoms with Gasteiger partial charge in [-0.2, -0.15) is 0 Å². The molecule has 1 aromatic carbocycles. The van der Waals surface area contributed by atoms with Crippen LogP contribution in [0.1, 0.15) is 6.92 Å². The van der Waals surface area contributed by atoms with Crippen molar-refractivity contribution in [2.75, 3.05) is 11.5 Å². The molecule has 13 heavy (non-hydrogen) atoms. The predicted molar refractivity (Wildman–Crippen MR) is 59.1 cm³/mol. The zero-order valence-electron chi connectivity index (χ0n) is 7.50. The molecule has 0 saturated heterocycles. The van der Waals surface area contributed by atoms with E-state index in [2.05, 4.69) is 18.0 Å². The molecule has 2 nitrogen and oxygen atoms in total. The lowest BCUT2D eigenvalue weighted by atomic mass is 10.2. The summed E-state index contributed by atoms with van der Waals surface area (Å²) in [6.45, 7) is 2.13. The van der Waals surface area contributed by atoms with Gasteiger partial charge in [0.05, 0.1) is 10.4 Å². The van der Waals surface area contributed by atoms with E-state index >= 15 is 0 Å². The quantitative estimate of drug-likeness (QED) is 0.567. The number of anilines is 1. The summed E-state index contributed by atoms with van der Waals surface area (Å²) < 4.78 is 0. The smallest absolute Gasteiger partial charge is 0.0613 e. The van der Waals surface area contributed by atoms with Crippen molar-refractivity contribution in [2.24, 2.45) is 0 Å². The average Bonchev–Trinajstić information content (AvgIpc) is 2.58. The third-order valence-electron chi connectivity index (χ3n) is 2.00. The van der Waals surface area contributed by atoms with E-state index < -0.39 is 0 Å². The van der Waals surface area contributed by atoms with Gasteiger partial charge in [0, 0.05) is 17.3 Å². The first kappa shape index (κ1) is 8.51. The van der Waals surface area contributed by atoms with Crippen LogP contribution in [0.15, 0.2) is 29.3 Å². The van der Waals surface area contributed by atoms with Gasteiger partial charge in [0.2, 0.25) is 0 Å². The van der Waals surface area contributed by atoms with Gasteiger partial charge >= 0.3 is 0 Å². The van der Waals surface area contributed by atoms with Crippen molar-refractivity contribution in [3.8, 4) is 0 Å². The second-order valence-corrected chi connectivity index (χ2v) is 4.13. The summed E-state index contributed by atoms with van der Waals surface area (Å²) in [5, 5.41) is 1.23. The Kier molecular flexibility index (Phi) is 2.19. The normalized spacial score (nSPS) is 10.8. The molecule has 0 bridgehead atoms. The number of H-pyrrole nitrogens is 1. The Hall–Kier alpha value is -1.09. The third-order valence-corrected chi connectivity index (χ3v) is 3.02. The number of rotatable bonds is 2. The van der Waals surface area contributed by atoms with Crippen LogP contribution in [-0.2, 0) is 0 Å². The summed E-state index contributed by atoms with van der Waals surface area (Å²) >= 11 is 1.78. The second-order valence-electron chi connectivity index (χ2n) is 2.86. The van der Waals surface area contributed by atoms with Crippen LogP contribution < -0.4 is 5.73 Å².